The smallest absolute Gasteiger partial charge is 0.422 e. The van der Waals surface area contributed by atoms with Crippen LogP contribution < -0.4 is 4.74 Å². The minimum absolute atomic E-state index is 0.0513. The van der Waals surface area contributed by atoms with E-state index in [0.29, 0.717) is 16.6 Å². The number of ether oxygens (including phenoxy) is 1. The molecule has 4 nitrogen and oxygen atoms in total. The maximum atomic E-state index is 12.0. The zero-order valence-corrected chi connectivity index (χ0v) is 8.30. The molecule has 0 aliphatic heterocycles. The van der Waals surface area contributed by atoms with E-state index in [0.717, 1.165) is 0 Å². The second kappa shape index (κ2) is 3.66. The van der Waals surface area contributed by atoms with Gasteiger partial charge in [0, 0.05) is 11.1 Å². The fourth-order valence-corrected chi connectivity index (χ4v) is 1.31. The number of alkyl halides is 3. The highest BCUT2D eigenvalue weighted by Crippen LogP contribution is 2.26. The average Bonchev–Trinajstić information content (AvgIpc) is 2.65. The Morgan fingerprint density at radius 1 is 1.38 bits per heavy atom. The Hall–Kier alpha value is -1.79. The largest absolute Gasteiger partial charge is 0.480 e. The van der Waals surface area contributed by atoms with E-state index < -0.39 is 12.8 Å². The van der Waals surface area contributed by atoms with E-state index in [2.05, 4.69) is 19.9 Å². The Morgan fingerprint density at radius 3 is 2.81 bits per heavy atom. The molecule has 0 radical (unpaired) electrons. The van der Waals surface area contributed by atoms with Crippen molar-refractivity contribution < 1.29 is 17.9 Å². The number of nitrogens with one attached hydrogen (secondary N) is 1. The lowest BCUT2D eigenvalue weighted by molar-refractivity contribution is -0.153. The number of aryl methyl sites for hydroxylation is 1. The highest BCUT2D eigenvalue weighted by atomic mass is 19.4. The maximum absolute atomic E-state index is 12.0. The van der Waals surface area contributed by atoms with Gasteiger partial charge in [0.25, 0.3) is 0 Å². The highest BCUT2D eigenvalue weighted by molar-refractivity contribution is 5.85. The molecule has 16 heavy (non-hydrogen) atoms. The molecular weight excluding hydrogens is 223 g/mol. The number of hydrogen-bond acceptors (Lipinski definition) is 3. The molecule has 86 valence electrons. The highest BCUT2D eigenvalue weighted by Gasteiger charge is 2.29. The molecule has 0 amide bonds. The van der Waals surface area contributed by atoms with Crippen LogP contribution >= 0.6 is 0 Å². The third-order valence-electron chi connectivity index (χ3n) is 2.04. The van der Waals surface area contributed by atoms with Crippen LogP contribution in [-0.2, 0) is 0 Å². The van der Waals surface area contributed by atoms with Crippen molar-refractivity contribution in [2.45, 2.75) is 13.1 Å². The number of aromatic nitrogens is 3. The maximum Gasteiger partial charge on any atom is 0.422 e. The van der Waals surface area contributed by atoms with Gasteiger partial charge in [0.2, 0.25) is 0 Å². The third kappa shape index (κ3) is 2.07. The predicted octanol–water partition coefficient (Wildman–Crippen LogP) is 2.21. The quantitative estimate of drug-likeness (QED) is 0.862. The van der Waals surface area contributed by atoms with Crippen molar-refractivity contribution in [1.82, 2.24) is 15.2 Å². The van der Waals surface area contributed by atoms with Gasteiger partial charge in [0.1, 0.15) is 5.52 Å². The molecule has 0 bridgehead atoms. The first-order valence-corrected chi connectivity index (χ1v) is 4.45. The first-order valence-electron chi connectivity index (χ1n) is 4.45. The van der Waals surface area contributed by atoms with Crippen LogP contribution in [0.5, 0.6) is 5.75 Å². The number of H-pyrrole nitrogens is 1. The Kier molecular flexibility index (Phi) is 2.45. The van der Waals surface area contributed by atoms with Gasteiger partial charge in [-0.3, -0.25) is 10.1 Å². The average molecular weight is 231 g/mol. The number of fused-ring (bicyclic) bond motifs is 1. The molecule has 0 aliphatic rings. The number of halogens is 3. The second-order valence-electron chi connectivity index (χ2n) is 3.27. The molecule has 0 spiro atoms. The number of aromatic amines is 1. The van der Waals surface area contributed by atoms with Crippen LogP contribution in [0.1, 0.15) is 5.69 Å². The molecule has 2 aromatic heterocycles. The summed E-state index contributed by atoms with van der Waals surface area (Å²) in [5.74, 6) is 0.0513. The van der Waals surface area contributed by atoms with Crippen LogP contribution in [-0.4, -0.2) is 28.0 Å². The lowest BCUT2D eigenvalue weighted by atomic mass is 10.2. The fourth-order valence-electron chi connectivity index (χ4n) is 1.31. The number of rotatable bonds is 2. The van der Waals surface area contributed by atoms with Gasteiger partial charge in [0.15, 0.2) is 12.4 Å². The van der Waals surface area contributed by atoms with Crippen LogP contribution in [0, 0.1) is 6.92 Å². The Labute approximate surface area is 88.4 Å². The van der Waals surface area contributed by atoms with E-state index in [4.69, 9.17) is 0 Å². The molecule has 2 aromatic rings. The summed E-state index contributed by atoms with van der Waals surface area (Å²) in [5, 5.41) is 6.98. The fraction of sp³-hybridized carbons (Fsp3) is 0.333. The SMILES string of the molecule is Cc1ncc(OCC(F)(F)F)c2[nH]ncc12. The molecule has 0 unspecified atom stereocenters. The van der Waals surface area contributed by atoms with Crippen molar-refractivity contribution >= 4 is 10.9 Å². The summed E-state index contributed by atoms with van der Waals surface area (Å²) < 4.78 is 40.6. The van der Waals surface area contributed by atoms with Crippen molar-refractivity contribution in [3.63, 3.8) is 0 Å². The van der Waals surface area contributed by atoms with Crippen molar-refractivity contribution in [1.29, 1.82) is 0 Å². The monoisotopic (exact) mass is 231 g/mol. The Bertz CT molecular complexity index is 506. The van der Waals surface area contributed by atoms with Crippen LogP contribution in [0.15, 0.2) is 12.4 Å². The number of nitrogens with zero attached hydrogens (tertiary/aromatic N) is 2. The second-order valence-corrected chi connectivity index (χ2v) is 3.27. The minimum atomic E-state index is -4.36. The molecule has 0 fully saturated rings. The van der Waals surface area contributed by atoms with Gasteiger partial charge in [-0.1, -0.05) is 0 Å². The summed E-state index contributed by atoms with van der Waals surface area (Å²) in [5.41, 5.74) is 1.11. The lowest BCUT2D eigenvalue weighted by Gasteiger charge is -2.09. The van der Waals surface area contributed by atoms with Crippen molar-refractivity contribution in [2.75, 3.05) is 6.61 Å². The molecular formula is C9H8F3N3O. The first kappa shape index (κ1) is 10.7. The van der Waals surface area contributed by atoms with Gasteiger partial charge in [-0.25, -0.2) is 0 Å². The van der Waals surface area contributed by atoms with Crippen molar-refractivity contribution in [2.24, 2.45) is 0 Å². The van der Waals surface area contributed by atoms with E-state index >= 15 is 0 Å². The van der Waals surface area contributed by atoms with Gasteiger partial charge >= 0.3 is 6.18 Å². The van der Waals surface area contributed by atoms with E-state index in [1.165, 1.54) is 12.4 Å². The lowest BCUT2D eigenvalue weighted by Crippen LogP contribution is -2.19. The summed E-state index contributed by atoms with van der Waals surface area (Å²) in [6, 6.07) is 0. The zero-order chi connectivity index (χ0) is 11.8. The molecule has 2 rings (SSSR count). The van der Waals surface area contributed by atoms with Crippen LogP contribution in [0.25, 0.3) is 10.9 Å². The Morgan fingerprint density at radius 2 is 2.12 bits per heavy atom. The van der Waals surface area contributed by atoms with E-state index in [9.17, 15) is 13.2 Å². The van der Waals surface area contributed by atoms with Crippen molar-refractivity contribution in [3.8, 4) is 5.75 Å². The topological polar surface area (TPSA) is 50.8 Å². The summed E-state index contributed by atoms with van der Waals surface area (Å²) >= 11 is 0. The van der Waals surface area contributed by atoms with Gasteiger partial charge in [-0.2, -0.15) is 18.3 Å². The van der Waals surface area contributed by atoms with Crippen LogP contribution in [0.4, 0.5) is 13.2 Å². The number of pyridine rings is 1. The molecule has 2 heterocycles. The third-order valence-corrected chi connectivity index (χ3v) is 2.04. The first-order chi connectivity index (χ1) is 7.47. The zero-order valence-electron chi connectivity index (χ0n) is 8.30. The van der Waals surface area contributed by atoms with E-state index in [1.807, 2.05) is 0 Å². The van der Waals surface area contributed by atoms with Crippen LogP contribution in [0.3, 0.4) is 0 Å². The summed E-state index contributed by atoms with van der Waals surface area (Å²) in [7, 11) is 0. The van der Waals surface area contributed by atoms with Crippen molar-refractivity contribution in [3.05, 3.63) is 18.1 Å². The van der Waals surface area contributed by atoms with Crippen LogP contribution in [0.2, 0.25) is 0 Å². The standard InChI is InChI=1S/C9H8F3N3O/c1-5-6-2-14-15-8(6)7(3-13-5)16-4-9(10,11)12/h2-3H,4H2,1H3,(H,14,15). The normalized spacial score (nSPS) is 12.0. The van der Waals surface area contributed by atoms with Gasteiger partial charge in [-0.05, 0) is 6.92 Å². The van der Waals surface area contributed by atoms with E-state index in [-0.39, 0.29) is 5.75 Å². The molecule has 7 heteroatoms. The summed E-state index contributed by atoms with van der Waals surface area (Å²) in [4.78, 5) is 3.93. The Balaban J connectivity index is 2.31. The minimum Gasteiger partial charge on any atom is -0.480 e. The summed E-state index contributed by atoms with van der Waals surface area (Å²) in [6.45, 7) is 0.400. The van der Waals surface area contributed by atoms with Gasteiger partial charge in [0.05, 0.1) is 12.4 Å². The molecule has 0 aliphatic carbocycles. The van der Waals surface area contributed by atoms with E-state index in [1.54, 1.807) is 6.92 Å². The molecule has 0 saturated heterocycles. The molecule has 1 N–H and O–H groups in total. The molecule has 0 atom stereocenters. The van der Waals surface area contributed by atoms with Gasteiger partial charge in [-0.15, -0.1) is 0 Å². The predicted molar refractivity (Wildman–Crippen MR) is 50.2 cm³/mol. The summed E-state index contributed by atoms with van der Waals surface area (Å²) in [6.07, 6.45) is -1.61. The van der Waals surface area contributed by atoms with Gasteiger partial charge < -0.3 is 4.74 Å². The molecule has 0 aromatic carbocycles. The molecule has 0 saturated carbocycles. The number of hydrogen-bond donors (Lipinski definition) is 1.